The van der Waals surface area contributed by atoms with Gasteiger partial charge in [0.1, 0.15) is 5.75 Å². The lowest BCUT2D eigenvalue weighted by molar-refractivity contribution is 0.0951. The van der Waals surface area contributed by atoms with Crippen LogP contribution in [-0.2, 0) is 0 Å². The number of hydrogen-bond donors (Lipinski definition) is 1. The van der Waals surface area contributed by atoms with Crippen LogP contribution in [0.1, 0.15) is 23.7 Å². The molecule has 94 valence electrons. The number of carbonyl (C=O) groups excluding carboxylic acids is 1. The molecule has 0 aliphatic rings. The molecule has 0 aromatic heterocycles. The maximum absolute atomic E-state index is 11.9. The molecule has 1 rings (SSSR count). The summed E-state index contributed by atoms with van der Waals surface area (Å²) >= 11 is 9.29. The normalized spacial score (nSPS) is 12.0. The van der Waals surface area contributed by atoms with Crippen molar-refractivity contribution in [3.63, 3.8) is 0 Å². The summed E-state index contributed by atoms with van der Waals surface area (Å²) < 4.78 is 5.12. The molecule has 0 aliphatic heterocycles. The number of alkyl halides is 1. The number of halogens is 2. The van der Waals surface area contributed by atoms with E-state index in [4.69, 9.17) is 16.3 Å². The Bertz CT molecular complexity index is 398. The molecule has 0 spiro atoms. The lowest BCUT2D eigenvalue weighted by Gasteiger charge is -2.11. The molecule has 0 aliphatic carbocycles. The van der Waals surface area contributed by atoms with E-state index in [1.165, 1.54) is 7.11 Å². The molecule has 0 heterocycles. The minimum absolute atomic E-state index is 0.156. The second-order valence-electron chi connectivity index (χ2n) is 3.56. The van der Waals surface area contributed by atoms with Crippen LogP contribution in [0.5, 0.6) is 5.75 Å². The highest BCUT2D eigenvalue weighted by Gasteiger charge is 2.13. The van der Waals surface area contributed by atoms with Crippen LogP contribution in [0.3, 0.4) is 0 Å². The van der Waals surface area contributed by atoms with Crippen LogP contribution < -0.4 is 10.1 Å². The molecule has 0 radical (unpaired) electrons. The Morgan fingerprint density at radius 3 is 2.88 bits per heavy atom. The van der Waals surface area contributed by atoms with Gasteiger partial charge >= 0.3 is 0 Å². The van der Waals surface area contributed by atoms with E-state index in [0.29, 0.717) is 22.9 Å². The van der Waals surface area contributed by atoms with Gasteiger partial charge in [-0.3, -0.25) is 4.79 Å². The predicted octanol–water partition coefficient (Wildman–Crippen LogP) is 3.25. The quantitative estimate of drug-likeness (QED) is 0.846. The number of ether oxygens (including phenoxy) is 1. The SMILES string of the molecule is CCC(Br)CNC(=O)c1ccc(Cl)cc1OC. The van der Waals surface area contributed by atoms with Gasteiger partial charge in [-0.2, -0.15) is 0 Å². The topological polar surface area (TPSA) is 38.3 Å². The van der Waals surface area contributed by atoms with Gasteiger partial charge < -0.3 is 10.1 Å². The lowest BCUT2D eigenvalue weighted by atomic mass is 10.2. The monoisotopic (exact) mass is 319 g/mol. The van der Waals surface area contributed by atoms with E-state index in [1.54, 1.807) is 18.2 Å². The molecule has 0 saturated carbocycles. The third kappa shape index (κ3) is 4.21. The van der Waals surface area contributed by atoms with Gasteiger partial charge in [0.2, 0.25) is 0 Å². The third-order valence-electron chi connectivity index (χ3n) is 2.34. The number of hydrogen-bond acceptors (Lipinski definition) is 2. The van der Waals surface area contributed by atoms with E-state index >= 15 is 0 Å². The average Bonchev–Trinajstić information content (AvgIpc) is 2.35. The van der Waals surface area contributed by atoms with Crippen molar-refractivity contribution in [3.05, 3.63) is 28.8 Å². The highest BCUT2D eigenvalue weighted by molar-refractivity contribution is 9.09. The van der Waals surface area contributed by atoms with Crippen molar-refractivity contribution in [3.8, 4) is 5.75 Å². The zero-order chi connectivity index (χ0) is 12.8. The summed E-state index contributed by atoms with van der Waals surface area (Å²) in [6, 6.07) is 4.96. The van der Waals surface area contributed by atoms with E-state index in [1.807, 2.05) is 0 Å². The average molecular weight is 321 g/mol. The van der Waals surface area contributed by atoms with Gasteiger partial charge in [-0.15, -0.1) is 0 Å². The van der Waals surface area contributed by atoms with Crippen LogP contribution in [0.4, 0.5) is 0 Å². The maximum Gasteiger partial charge on any atom is 0.255 e. The van der Waals surface area contributed by atoms with E-state index < -0.39 is 0 Å². The molecule has 1 aromatic rings. The molecule has 3 nitrogen and oxygen atoms in total. The number of methoxy groups -OCH3 is 1. The van der Waals surface area contributed by atoms with Crippen molar-refractivity contribution < 1.29 is 9.53 Å². The number of carbonyl (C=O) groups is 1. The Labute approximate surface area is 115 Å². The van der Waals surface area contributed by atoms with Crippen LogP contribution in [0.25, 0.3) is 0 Å². The summed E-state index contributed by atoms with van der Waals surface area (Å²) in [4.78, 5) is 12.2. The van der Waals surface area contributed by atoms with Crippen LogP contribution in [-0.4, -0.2) is 24.4 Å². The minimum atomic E-state index is -0.156. The standard InChI is InChI=1S/C12H15BrClNO2/c1-3-8(13)7-15-12(16)10-5-4-9(14)6-11(10)17-2/h4-6,8H,3,7H2,1-2H3,(H,15,16). The fraction of sp³-hybridized carbons (Fsp3) is 0.417. The Morgan fingerprint density at radius 2 is 2.29 bits per heavy atom. The summed E-state index contributed by atoms with van der Waals surface area (Å²) in [6.45, 7) is 2.63. The molecule has 1 atom stereocenters. The summed E-state index contributed by atoms with van der Waals surface area (Å²) in [5.74, 6) is 0.328. The second-order valence-corrected chi connectivity index (χ2v) is 5.29. The second kappa shape index (κ2) is 6.87. The first-order valence-corrected chi connectivity index (χ1v) is 6.63. The molecule has 0 saturated heterocycles. The van der Waals surface area contributed by atoms with Crippen LogP contribution in [0.15, 0.2) is 18.2 Å². The Kier molecular flexibility index (Phi) is 5.78. The summed E-state index contributed by atoms with van der Waals surface area (Å²) in [5.41, 5.74) is 0.493. The molecule has 17 heavy (non-hydrogen) atoms. The molecule has 1 N–H and O–H groups in total. The van der Waals surface area contributed by atoms with Crippen molar-refractivity contribution in [1.82, 2.24) is 5.32 Å². The zero-order valence-corrected chi connectivity index (χ0v) is 12.1. The molecule has 1 unspecified atom stereocenters. The van der Waals surface area contributed by atoms with Gasteiger partial charge in [0, 0.05) is 16.4 Å². The van der Waals surface area contributed by atoms with Gasteiger partial charge in [-0.25, -0.2) is 0 Å². The van der Waals surface area contributed by atoms with Crippen molar-refractivity contribution in [2.75, 3.05) is 13.7 Å². The van der Waals surface area contributed by atoms with Crippen LogP contribution >= 0.6 is 27.5 Å². The van der Waals surface area contributed by atoms with Crippen LogP contribution in [0.2, 0.25) is 5.02 Å². The highest BCUT2D eigenvalue weighted by atomic mass is 79.9. The van der Waals surface area contributed by atoms with Crippen molar-refractivity contribution in [1.29, 1.82) is 0 Å². The van der Waals surface area contributed by atoms with Gasteiger partial charge in [0.15, 0.2) is 0 Å². The van der Waals surface area contributed by atoms with Gasteiger partial charge in [0.25, 0.3) is 5.91 Å². The van der Waals surface area contributed by atoms with E-state index in [9.17, 15) is 4.79 Å². The summed E-state index contributed by atoms with van der Waals surface area (Å²) in [6.07, 6.45) is 0.956. The smallest absolute Gasteiger partial charge is 0.255 e. The van der Waals surface area contributed by atoms with E-state index in [0.717, 1.165) is 6.42 Å². The first-order chi connectivity index (χ1) is 8.08. The van der Waals surface area contributed by atoms with Crippen molar-refractivity contribution >= 4 is 33.4 Å². The van der Waals surface area contributed by atoms with Crippen molar-refractivity contribution in [2.24, 2.45) is 0 Å². The van der Waals surface area contributed by atoms with Gasteiger partial charge in [-0.1, -0.05) is 34.5 Å². The van der Waals surface area contributed by atoms with E-state index in [2.05, 4.69) is 28.2 Å². The predicted molar refractivity (Wildman–Crippen MR) is 73.3 cm³/mol. The molecule has 0 fully saturated rings. The maximum atomic E-state index is 11.9. The number of nitrogens with one attached hydrogen (secondary N) is 1. The first-order valence-electron chi connectivity index (χ1n) is 5.34. The third-order valence-corrected chi connectivity index (χ3v) is 3.54. The molecular weight excluding hydrogens is 305 g/mol. The molecule has 5 heteroatoms. The summed E-state index contributed by atoms with van der Waals surface area (Å²) in [7, 11) is 1.52. The molecule has 1 amide bonds. The first kappa shape index (κ1) is 14.3. The molecular formula is C12H15BrClNO2. The van der Waals surface area contributed by atoms with E-state index in [-0.39, 0.29) is 10.7 Å². The molecule has 0 bridgehead atoms. The Hall–Kier alpha value is -0.740. The van der Waals surface area contributed by atoms with Gasteiger partial charge in [-0.05, 0) is 24.6 Å². The number of benzene rings is 1. The zero-order valence-electron chi connectivity index (χ0n) is 9.80. The fourth-order valence-electron chi connectivity index (χ4n) is 1.30. The Balaban J connectivity index is 2.75. The van der Waals surface area contributed by atoms with Crippen molar-refractivity contribution in [2.45, 2.75) is 18.2 Å². The fourth-order valence-corrected chi connectivity index (χ4v) is 1.62. The number of amides is 1. The lowest BCUT2D eigenvalue weighted by Crippen LogP contribution is -2.29. The Morgan fingerprint density at radius 1 is 1.59 bits per heavy atom. The van der Waals surface area contributed by atoms with Gasteiger partial charge in [0.05, 0.1) is 12.7 Å². The molecule has 1 aromatic carbocycles. The van der Waals surface area contributed by atoms with Crippen LogP contribution in [0, 0.1) is 0 Å². The highest BCUT2D eigenvalue weighted by Crippen LogP contribution is 2.22. The largest absolute Gasteiger partial charge is 0.496 e. The summed E-state index contributed by atoms with van der Waals surface area (Å²) in [5, 5.41) is 3.38. The minimum Gasteiger partial charge on any atom is -0.496 e. The number of rotatable bonds is 5.